The first-order chi connectivity index (χ1) is 17.3. The predicted molar refractivity (Wildman–Crippen MR) is 127 cm³/mol. The molecule has 4 rings (SSSR count). The summed E-state index contributed by atoms with van der Waals surface area (Å²) >= 11 is 0. The molecule has 186 valence electrons. The zero-order valence-electron chi connectivity index (χ0n) is 19.2. The molecule has 0 saturated carbocycles. The van der Waals surface area contributed by atoms with Gasteiger partial charge in [0.25, 0.3) is 0 Å². The van der Waals surface area contributed by atoms with E-state index in [2.05, 4.69) is 0 Å². The third kappa shape index (κ3) is 5.19. The zero-order chi connectivity index (χ0) is 25.8. The molecular formula is C27H24F2N2O5. The van der Waals surface area contributed by atoms with Crippen molar-refractivity contribution in [2.45, 2.75) is 31.3 Å². The van der Waals surface area contributed by atoms with Crippen LogP contribution in [-0.4, -0.2) is 40.6 Å². The number of carbonyl (C=O) groups excluding carboxylic acids is 2. The Kier molecular flexibility index (Phi) is 7.28. The van der Waals surface area contributed by atoms with Crippen LogP contribution in [0.15, 0.2) is 66.7 Å². The van der Waals surface area contributed by atoms with Crippen LogP contribution >= 0.6 is 0 Å². The molecule has 1 aliphatic rings. The van der Waals surface area contributed by atoms with Crippen molar-refractivity contribution in [3.05, 3.63) is 95.1 Å². The number of hydrogen-bond donors (Lipinski definition) is 2. The predicted octanol–water partition coefficient (Wildman–Crippen LogP) is 4.43. The average molecular weight is 494 g/mol. The van der Waals surface area contributed by atoms with E-state index in [1.54, 1.807) is 0 Å². The summed E-state index contributed by atoms with van der Waals surface area (Å²) < 4.78 is 32.8. The fourth-order valence-electron chi connectivity index (χ4n) is 4.53. The van der Waals surface area contributed by atoms with Crippen molar-refractivity contribution in [1.29, 1.82) is 0 Å². The molecule has 0 fully saturated rings. The fraction of sp³-hybridized carbons (Fsp3) is 0.222. The Morgan fingerprint density at radius 3 is 2.11 bits per heavy atom. The van der Waals surface area contributed by atoms with Gasteiger partial charge in [0.1, 0.15) is 12.6 Å². The number of primary amides is 1. The Morgan fingerprint density at radius 1 is 0.944 bits per heavy atom. The highest BCUT2D eigenvalue weighted by Crippen LogP contribution is 2.44. The van der Waals surface area contributed by atoms with E-state index >= 15 is 0 Å². The lowest BCUT2D eigenvalue weighted by molar-refractivity contribution is -0.137. The van der Waals surface area contributed by atoms with E-state index in [-0.39, 0.29) is 31.1 Å². The average Bonchev–Trinajstić information content (AvgIpc) is 3.17. The molecule has 0 aliphatic heterocycles. The summed E-state index contributed by atoms with van der Waals surface area (Å²) in [5, 5.41) is 9.08. The number of aliphatic carboxylic acids is 1. The van der Waals surface area contributed by atoms with Crippen LogP contribution in [0.2, 0.25) is 0 Å². The van der Waals surface area contributed by atoms with Gasteiger partial charge in [0.05, 0.1) is 0 Å². The lowest BCUT2D eigenvalue weighted by Gasteiger charge is -2.29. The standard InChI is InChI=1S/C27H24F2N2O5/c28-22-10-9-16(13-23(22)29)14-31(24(26(30)34)11-12-25(32)33)27(35)36-15-21-19-7-3-1-5-17(19)18-6-2-4-8-20(18)21/h1-10,13,21,24H,11-12,14-15H2,(H2,30,34)(H,32,33)/t24-/m0/s1. The minimum atomic E-state index is -1.33. The number of benzene rings is 3. The number of amides is 2. The monoisotopic (exact) mass is 494 g/mol. The first-order valence-corrected chi connectivity index (χ1v) is 11.3. The fourth-order valence-corrected chi connectivity index (χ4v) is 4.53. The van der Waals surface area contributed by atoms with Crippen LogP contribution in [0.5, 0.6) is 0 Å². The molecule has 1 atom stereocenters. The van der Waals surface area contributed by atoms with Crippen molar-refractivity contribution in [1.82, 2.24) is 4.90 Å². The largest absolute Gasteiger partial charge is 0.481 e. The van der Waals surface area contributed by atoms with E-state index in [0.29, 0.717) is 0 Å². The van der Waals surface area contributed by atoms with Gasteiger partial charge in [-0.25, -0.2) is 13.6 Å². The molecule has 0 bridgehead atoms. The quantitative estimate of drug-likeness (QED) is 0.457. The van der Waals surface area contributed by atoms with Gasteiger partial charge in [-0.2, -0.15) is 0 Å². The Hall–Kier alpha value is -4.27. The van der Waals surface area contributed by atoms with Crippen molar-refractivity contribution < 1.29 is 33.0 Å². The van der Waals surface area contributed by atoms with Crippen LogP contribution in [0.25, 0.3) is 11.1 Å². The molecule has 0 aromatic heterocycles. The second-order valence-electron chi connectivity index (χ2n) is 8.53. The summed E-state index contributed by atoms with van der Waals surface area (Å²) in [5.74, 6) is -4.56. The van der Waals surface area contributed by atoms with Gasteiger partial charge >= 0.3 is 12.1 Å². The maximum atomic E-state index is 13.8. The molecule has 3 aromatic carbocycles. The first kappa shape index (κ1) is 24.8. The zero-order valence-corrected chi connectivity index (χ0v) is 19.2. The molecule has 7 nitrogen and oxygen atoms in total. The van der Waals surface area contributed by atoms with Crippen molar-refractivity contribution in [2.75, 3.05) is 6.61 Å². The second kappa shape index (κ2) is 10.6. The Balaban J connectivity index is 1.59. The Labute approximate surface area is 206 Å². The van der Waals surface area contributed by atoms with Crippen LogP contribution in [0.4, 0.5) is 13.6 Å². The number of carboxylic acid groups (broad SMARTS) is 1. The summed E-state index contributed by atoms with van der Waals surface area (Å²) in [4.78, 5) is 37.5. The molecule has 0 heterocycles. The molecule has 36 heavy (non-hydrogen) atoms. The summed E-state index contributed by atoms with van der Waals surface area (Å²) in [6.45, 7) is -0.382. The summed E-state index contributed by atoms with van der Waals surface area (Å²) in [6.07, 6.45) is -1.62. The summed E-state index contributed by atoms with van der Waals surface area (Å²) in [6, 6.07) is 17.2. The van der Waals surface area contributed by atoms with E-state index in [1.165, 1.54) is 6.07 Å². The van der Waals surface area contributed by atoms with Crippen LogP contribution in [0, 0.1) is 11.6 Å². The van der Waals surface area contributed by atoms with E-state index in [1.807, 2.05) is 48.5 Å². The van der Waals surface area contributed by atoms with Gasteiger partial charge in [-0.05, 0) is 46.4 Å². The molecule has 0 unspecified atom stereocenters. The summed E-state index contributed by atoms with van der Waals surface area (Å²) in [5.41, 5.74) is 9.71. The van der Waals surface area contributed by atoms with Gasteiger partial charge in [-0.3, -0.25) is 14.5 Å². The molecule has 3 N–H and O–H groups in total. The molecule has 0 radical (unpaired) electrons. The lowest BCUT2D eigenvalue weighted by Crippen LogP contribution is -2.48. The SMILES string of the molecule is NC(=O)[C@H](CCC(=O)O)N(Cc1ccc(F)c(F)c1)C(=O)OCC1c2ccccc2-c2ccccc21. The van der Waals surface area contributed by atoms with Crippen LogP contribution in [0.3, 0.4) is 0 Å². The number of ether oxygens (including phenoxy) is 1. The normalized spacial score (nSPS) is 12.9. The van der Waals surface area contributed by atoms with E-state index in [4.69, 9.17) is 15.6 Å². The highest BCUT2D eigenvalue weighted by atomic mass is 19.2. The van der Waals surface area contributed by atoms with Gasteiger partial charge in [0, 0.05) is 18.9 Å². The van der Waals surface area contributed by atoms with Crippen LogP contribution in [-0.2, 0) is 20.9 Å². The maximum absolute atomic E-state index is 13.8. The van der Waals surface area contributed by atoms with Gasteiger partial charge in [-0.1, -0.05) is 54.6 Å². The minimum Gasteiger partial charge on any atom is -0.481 e. The molecule has 1 aliphatic carbocycles. The molecule has 0 spiro atoms. The van der Waals surface area contributed by atoms with Crippen molar-refractivity contribution in [2.24, 2.45) is 5.73 Å². The van der Waals surface area contributed by atoms with E-state index in [0.717, 1.165) is 39.3 Å². The molecule has 0 saturated heterocycles. The highest BCUT2D eigenvalue weighted by molar-refractivity contribution is 5.85. The van der Waals surface area contributed by atoms with Gasteiger partial charge < -0.3 is 15.6 Å². The number of nitrogens with zero attached hydrogens (tertiary/aromatic N) is 1. The molecular weight excluding hydrogens is 470 g/mol. The highest BCUT2D eigenvalue weighted by Gasteiger charge is 2.33. The number of carbonyl (C=O) groups is 3. The smallest absolute Gasteiger partial charge is 0.410 e. The van der Waals surface area contributed by atoms with E-state index < -0.39 is 42.1 Å². The van der Waals surface area contributed by atoms with Gasteiger partial charge in [0.2, 0.25) is 5.91 Å². The van der Waals surface area contributed by atoms with Crippen LogP contribution < -0.4 is 5.73 Å². The molecule has 3 aromatic rings. The number of hydrogen-bond acceptors (Lipinski definition) is 4. The molecule has 2 amide bonds. The lowest BCUT2D eigenvalue weighted by atomic mass is 9.98. The maximum Gasteiger partial charge on any atom is 0.410 e. The summed E-state index contributed by atoms with van der Waals surface area (Å²) in [7, 11) is 0. The molecule has 9 heteroatoms. The van der Waals surface area contributed by atoms with Crippen LogP contribution in [0.1, 0.15) is 35.4 Å². The number of fused-ring (bicyclic) bond motifs is 3. The van der Waals surface area contributed by atoms with E-state index in [9.17, 15) is 23.2 Å². The first-order valence-electron chi connectivity index (χ1n) is 11.3. The Bertz CT molecular complexity index is 1270. The van der Waals surface area contributed by atoms with Crippen molar-refractivity contribution >= 4 is 18.0 Å². The third-order valence-corrected chi connectivity index (χ3v) is 6.24. The van der Waals surface area contributed by atoms with Crippen molar-refractivity contribution in [3.8, 4) is 11.1 Å². The number of rotatable bonds is 9. The third-order valence-electron chi connectivity index (χ3n) is 6.24. The minimum absolute atomic E-state index is 0.0500. The number of halogens is 2. The topological polar surface area (TPSA) is 110 Å². The van der Waals surface area contributed by atoms with Gasteiger partial charge in [0.15, 0.2) is 11.6 Å². The number of carboxylic acids is 1. The Morgan fingerprint density at radius 2 is 1.56 bits per heavy atom. The van der Waals surface area contributed by atoms with Crippen molar-refractivity contribution in [3.63, 3.8) is 0 Å². The second-order valence-corrected chi connectivity index (χ2v) is 8.53. The number of nitrogens with two attached hydrogens (primary N) is 1. The van der Waals surface area contributed by atoms with Gasteiger partial charge in [-0.15, -0.1) is 0 Å².